The fourth-order valence-electron chi connectivity index (χ4n) is 6.43. The van der Waals surface area contributed by atoms with E-state index in [0.717, 1.165) is 50.2 Å². The van der Waals surface area contributed by atoms with Gasteiger partial charge >= 0.3 is 0 Å². The van der Waals surface area contributed by atoms with E-state index in [1.165, 1.54) is 17.7 Å². The van der Waals surface area contributed by atoms with Crippen molar-refractivity contribution in [3.63, 3.8) is 0 Å². The maximum Gasteiger partial charge on any atom is 0.166 e. The van der Waals surface area contributed by atoms with Crippen molar-refractivity contribution in [1.82, 2.24) is 19.5 Å². The maximum atomic E-state index is 14.5. The van der Waals surface area contributed by atoms with Crippen LogP contribution in [-0.4, -0.2) is 19.5 Å². The lowest BCUT2D eigenvalue weighted by Gasteiger charge is -2.20. The van der Waals surface area contributed by atoms with Gasteiger partial charge in [-0.1, -0.05) is 118 Å². The summed E-state index contributed by atoms with van der Waals surface area (Å²) in [5.74, 6) is 0.306. The zero-order chi connectivity index (χ0) is 33.7. The van der Waals surface area contributed by atoms with Crippen molar-refractivity contribution < 1.29 is 8.78 Å². The molecule has 8 rings (SSSR count). The number of fused-ring (bicyclic) bond motifs is 3. The zero-order valence-electron chi connectivity index (χ0n) is 27.3. The second-order valence-corrected chi connectivity index (χ2v) is 13.3. The highest BCUT2D eigenvalue weighted by atomic mass is 19.1. The van der Waals surface area contributed by atoms with E-state index < -0.39 is 11.6 Å². The molecular weight excluding hydrogens is 610 g/mol. The molecule has 2 aromatic heterocycles. The van der Waals surface area contributed by atoms with E-state index in [2.05, 4.69) is 55.7 Å². The first-order valence-electron chi connectivity index (χ1n) is 16.2. The van der Waals surface area contributed by atoms with Gasteiger partial charge in [-0.15, -0.1) is 0 Å². The molecule has 6 heteroatoms. The monoisotopic (exact) mass is 642 g/mol. The first-order chi connectivity index (χ1) is 23.7. The normalized spacial score (nSPS) is 11.8. The Morgan fingerprint density at radius 3 is 1.67 bits per heavy atom. The number of benzene rings is 6. The molecule has 0 bridgehead atoms. The fraction of sp³-hybridized carbons (Fsp3) is 0.0930. The molecule has 6 aromatic carbocycles. The molecule has 0 saturated heterocycles. The second kappa shape index (κ2) is 11.9. The Hall–Kier alpha value is -6.01. The molecule has 0 spiro atoms. The molecule has 0 N–H and O–H groups in total. The highest BCUT2D eigenvalue weighted by Crippen LogP contribution is 2.40. The highest BCUT2D eigenvalue weighted by Gasteiger charge is 2.22. The van der Waals surface area contributed by atoms with Crippen molar-refractivity contribution in [3.8, 4) is 51.0 Å². The smallest absolute Gasteiger partial charge is 0.166 e. The molecule has 0 amide bonds. The van der Waals surface area contributed by atoms with Crippen molar-refractivity contribution in [2.75, 3.05) is 0 Å². The predicted molar refractivity (Wildman–Crippen MR) is 195 cm³/mol. The Kier molecular flexibility index (Phi) is 7.37. The molecule has 0 aliphatic rings. The van der Waals surface area contributed by atoms with E-state index in [9.17, 15) is 8.78 Å². The van der Waals surface area contributed by atoms with Crippen LogP contribution in [0.4, 0.5) is 8.78 Å². The van der Waals surface area contributed by atoms with Gasteiger partial charge in [-0.25, -0.2) is 23.7 Å². The van der Waals surface area contributed by atoms with E-state index in [1.807, 2.05) is 91.0 Å². The minimum Gasteiger partial charge on any atom is -0.308 e. The Morgan fingerprint density at radius 1 is 0.469 bits per heavy atom. The molecular formula is C43H32F2N4. The van der Waals surface area contributed by atoms with Crippen LogP contribution >= 0.6 is 0 Å². The molecule has 0 aliphatic heterocycles. The Morgan fingerprint density at radius 2 is 1.04 bits per heavy atom. The Bertz CT molecular complexity index is 2420. The zero-order valence-corrected chi connectivity index (χ0v) is 27.3. The van der Waals surface area contributed by atoms with Crippen molar-refractivity contribution in [2.45, 2.75) is 26.2 Å². The number of hydrogen-bond acceptors (Lipinski definition) is 3. The summed E-state index contributed by atoms with van der Waals surface area (Å²) in [4.78, 5) is 15.0. The van der Waals surface area contributed by atoms with E-state index in [-0.39, 0.29) is 5.41 Å². The van der Waals surface area contributed by atoms with Crippen LogP contribution < -0.4 is 0 Å². The average molecular weight is 643 g/mol. The number of halogens is 2. The molecule has 0 unspecified atom stereocenters. The molecule has 0 aliphatic carbocycles. The minimum absolute atomic E-state index is 0.0946. The van der Waals surface area contributed by atoms with E-state index in [0.29, 0.717) is 28.6 Å². The average Bonchev–Trinajstić information content (AvgIpc) is 3.45. The van der Waals surface area contributed by atoms with Crippen molar-refractivity contribution in [2.24, 2.45) is 0 Å². The molecule has 0 fully saturated rings. The summed E-state index contributed by atoms with van der Waals surface area (Å²) in [6.45, 7) is 6.60. The second-order valence-electron chi connectivity index (χ2n) is 13.3. The van der Waals surface area contributed by atoms with Crippen LogP contribution in [0.5, 0.6) is 0 Å². The third-order valence-corrected chi connectivity index (χ3v) is 8.91. The van der Waals surface area contributed by atoms with Crippen LogP contribution in [0.25, 0.3) is 72.8 Å². The van der Waals surface area contributed by atoms with Crippen LogP contribution in [0.1, 0.15) is 26.3 Å². The molecule has 0 radical (unpaired) electrons. The first-order valence-corrected chi connectivity index (χ1v) is 16.2. The number of rotatable bonds is 5. The van der Waals surface area contributed by atoms with Gasteiger partial charge in [-0.2, -0.15) is 0 Å². The summed E-state index contributed by atoms with van der Waals surface area (Å²) in [6.07, 6.45) is 0. The van der Waals surface area contributed by atoms with Crippen LogP contribution in [-0.2, 0) is 5.41 Å². The molecule has 8 aromatic rings. The number of nitrogens with zero attached hydrogens (tertiary/aromatic N) is 4. The SMILES string of the molecule is CC(C)(C)c1ccc2c3ccccc3n(-c3cc(-c4cc(F)cc(F)c4)ccc3-c3nc(-c4ccccc4)nc(-c4ccccc4)n3)c2c1. The number of para-hydroxylation sites is 1. The van der Waals surface area contributed by atoms with Gasteiger partial charge < -0.3 is 4.57 Å². The third-order valence-electron chi connectivity index (χ3n) is 8.91. The van der Waals surface area contributed by atoms with Crippen LogP contribution in [0, 0.1) is 11.6 Å². The van der Waals surface area contributed by atoms with Gasteiger partial charge in [0, 0.05) is 33.5 Å². The van der Waals surface area contributed by atoms with Crippen LogP contribution in [0.2, 0.25) is 0 Å². The molecule has 4 nitrogen and oxygen atoms in total. The largest absolute Gasteiger partial charge is 0.308 e. The summed E-state index contributed by atoms with van der Waals surface area (Å²) < 4.78 is 31.3. The molecule has 2 heterocycles. The van der Waals surface area contributed by atoms with Gasteiger partial charge in [0.15, 0.2) is 17.5 Å². The van der Waals surface area contributed by atoms with Crippen LogP contribution in [0.3, 0.4) is 0 Å². The molecule has 49 heavy (non-hydrogen) atoms. The van der Waals surface area contributed by atoms with Gasteiger partial charge in [0.25, 0.3) is 0 Å². The van der Waals surface area contributed by atoms with Gasteiger partial charge in [0.2, 0.25) is 0 Å². The lowest BCUT2D eigenvalue weighted by molar-refractivity contribution is 0.584. The minimum atomic E-state index is -0.634. The lowest BCUT2D eigenvalue weighted by atomic mass is 9.86. The summed E-state index contributed by atoms with van der Waals surface area (Å²) in [5, 5.41) is 2.19. The first kappa shape index (κ1) is 30.3. The molecule has 0 atom stereocenters. The van der Waals surface area contributed by atoms with Gasteiger partial charge in [0.05, 0.1) is 16.7 Å². The van der Waals surface area contributed by atoms with Crippen LogP contribution in [0.15, 0.2) is 140 Å². The summed E-state index contributed by atoms with van der Waals surface area (Å²) in [5.41, 5.74) is 7.46. The summed E-state index contributed by atoms with van der Waals surface area (Å²) >= 11 is 0. The number of aromatic nitrogens is 4. The number of hydrogen-bond donors (Lipinski definition) is 0. The van der Waals surface area contributed by atoms with Crippen molar-refractivity contribution in [3.05, 3.63) is 157 Å². The summed E-state index contributed by atoms with van der Waals surface area (Å²) in [6, 6.07) is 44.0. The van der Waals surface area contributed by atoms with Gasteiger partial charge in [-0.3, -0.25) is 0 Å². The van der Waals surface area contributed by atoms with E-state index >= 15 is 0 Å². The van der Waals surface area contributed by atoms with Crippen molar-refractivity contribution in [1.29, 1.82) is 0 Å². The molecule has 0 saturated carbocycles. The topological polar surface area (TPSA) is 43.6 Å². The van der Waals surface area contributed by atoms with Crippen molar-refractivity contribution >= 4 is 21.8 Å². The van der Waals surface area contributed by atoms with Gasteiger partial charge in [0.1, 0.15) is 11.6 Å². The fourth-order valence-corrected chi connectivity index (χ4v) is 6.43. The lowest BCUT2D eigenvalue weighted by Crippen LogP contribution is -2.11. The predicted octanol–water partition coefficient (Wildman–Crippen LogP) is 11.2. The summed E-state index contributed by atoms with van der Waals surface area (Å²) in [7, 11) is 0. The molecule has 238 valence electrons. The quantitative estimate of drug-likeness (QED) is 0.188. The standard InChI is InChI=1S/C43H32F2N4/c1-43(2,3)31-19-21-35-34-16-10-11-17-37(34)49(39(35)25-31)38-24-29(30-22-32(44)26-33(45)23-30)18-20-36(38)42-47-40(27-12-6-4-7-13-27)46-41(48-42)28-14-8-5-9-15-28/h4-26H,1-3H3. The van der Waals surface area contributed by atoms with Gasteiger partial charge in [-0.05, 0) is 58.5 Å². The Balaban J connectivity index is 1.47. The van der Waals surface area contributed by atoms with E-state index in [1.54, 1.807) is 0 Å². The third kappa shape index (κ3) is 5.65. The van der Waals surface area contributed by atoms with E-state index in [4.69, 9.17) is 15.0 Å². The Labute approximate surface area is 283 Å². The maximum absolute atomic E-state index is 14.5. The highest BCUT2D eigenvalue weighted by molar-refractivity contribution is 6.10.